The number of benzene rings is 8. The normalized spacial score (nSPS) is 14.1. The van der Waals surface area contributed by atoms with Gasteiger partial charge in [0.1, 0.15) is 0 Å². The average molecular weight is 1050 g/mol. The van der Waals surface area contributed by atoms with Crippen LogP contribution in [-0.4, -0.2) is 33.2 Å². The number of nitrogens with one attached hydrogen (secondary N) is 1. The molecule has 0 bridgehead atoms. The SMILES string of the molecule is CC1(C)OB(c2cccc3c2Cc2ccccc2-3)OC1(C)C.O=[N+]([O-])c1cccc(Cl)c1-c1ccccc1-c1cccc2c1[nH]c1ccccc12.O=[N+]([O-])c1cccc(Cl)c1-c1ccccc1I. The molecule has 1 N–H and O–H groups in total. The van der Waals surface area contributed by atoms with Crippen LogP contribution < -0.4 is 5.46 Å². The number of nitro benzene ring substituents is 2. The second-order valence-electron chi connectivity index (χ2n) is 17.5. The van der Waals surface area contributed by atoms with E-state index in [2.05, 4.69) is 110 Å². The molecule has 1 saturated heterocycles. The predicted octanol–water partition coefficient (Wildman–Crippen LogP) is 15.3. The fourth-order valence-corrected chi connectivity index (χ4v) is 10.1. The van der Waals surface area contributed by atoms with Gasteiger partial charge in [0.05, 0.1) is 47.7 Å². The minimum atomic E-state index is -0.412. The quantitative estimate of drug-likeness (QED) is 0.0766. The molecule has 8 aromatic carbocycles. The molecular weight excluding hydrogens is 1010 g/mol. The average Bonchev–Trinajstić information content (AvgIpc) is 3.97. The van der Waals surface area contributed by atoms with Crippen LogP contribution in [0.4, 0.5) is 11.4 Å². The first-order valence-corrected chi connectivity index (χ1v) is 23.7. The van der Waals surface area contributed by atoms with E-state index in [1.165, 1.54) is 39.8 Å². The van der Waals surface area contributed by atoms with Gasteiger partial charge in [0, 0.05) is 43.1 Å². The Hall–Kier alpha value is -6.35. The molecule has 68 heavy (non-hydrogen) atoms. The van der Waals surface area contributed by atoms with Crippen molar-refractivity contribution in [3.8, 4) is 44.5 Å². The Morgan fingerprint density at radius 1 is 0.544 bits per heavy atom. The van der Waals surface area contributed by atoms with Crippen molar-refractivity contribution < 1.29 is 19.2 Å². The Labute approximate surface area is 417 Å². The molecule has 9 nitrogen and oxygen atoms in total. The first-order valence-electron chi connectivity index (χ1n) is 21.9. The largest absolute Gasteiger partial charge is 0.495 e. The number of rotatable bonds is 6. The number of hydrogen-bond acceptors (Lipinski definition) is 6. The maximum Gasteiger partial charge on any atom is 0.495 e. The third-order valence-electron chi connectivity index (χ3n) is 12.9. The third-order valence-corrected chi connectivity index (χ3v) is 14.5. The lowest BCUT2D eigenvalue weighted by Gasteiger charge is -2.32. The van der Waals surface area contributed by atoms with Crippen LogP contribution in [0.15, 0.2) is 170 Å². The number of aromatic amines is 1. The Balaban J connectivity index is 0.000000132. The number of fused-ring (bicyclic) bond motifs is 6. The molecule has 0 amide bonds. The molecule has 1 aliphatic carbocycles. The van der Waals surface area contributed by atoms with Gasteiger partial charge < -0.3 is 14.3 Å². The lowest BCUT2D eigenvalue weighted by molar-refractivity contribution is -0.384. The van der Waals surface area contributed by atoms with Gasteiger partial charge in [0.25, 0.3) is 11.4 Å². The van der Waals surface area contributed by atoms with Crippen molar-refractivity contribution in [3.05, 3.63) is 215 Å². The Morgan fingerprint density at radius 3 is 1.68 bits per heavy atom. The number of nitrogens with zero attached hydrogens (tertiary/aromatic N) is 2. The smallest absolute Gasteiger partial charge is 0.399 e. The summed E-state index contributed by atoms with van der Waals surface area (Å²) in [4.78, 5) is 25.4. The summed E-state index contributed by atoms with van der Waals surface area (Å²) in [5, 5.41) is 25.7. The molecule has 0 spiro atoms. The van der Waals surface area contributed by atoms with Crippen LogP contribution in [0.1, 0.15) is 38.8 Å². The Bertz CT molecular complexity index is 3410. The van der Waals surface area contributed by atoms with Crippen molar-refractivity contribution in [1.82, 2.24) is 4.98 Å². The molecule has 2 aliphatic rings. The van der Waals surface area contributed by atoms with Crippen molar-refractivity contribution in [3.63, 3.8) is 0 Å². The van der Waals surface area contributed by atoms with Gasteiger partial charge in [-0.05, 0) is 120 Å². The van der Waals surface area contributed by atoms with Crippen molar-refractivity contribution >= 4 is 91.6 Å². The summed E-state index contributed by atoms with van der Waals surface area (Å²) >= 11 is 14.6. The van der Waals surface area contributed by atoms with Crippen LogP contribution >= 0.6 is 45.8 Å². The highest BCUT2D eigenvalue weighted by Gasteiger charge is 2.52. The number of H-pyrrole nitrogens is 1. The molecule has 1 aliphatic heterocycles. The monoisotopic (exact) mass is 1050 g/mol. The van der Waals surface area contributed by atoms with E-state index in [-0.39, 0.29) is 34.6 Å². The number of para-hydroxylation sites is 2. The molecule has 0 unspecified atom stereocenters. The molecule has 1 fully saturated rings. The highest BCUT2D eigenvalue weighted by atomic mass is 127. The van der Waals surface area contributed by atoms with Crippen molar-refractivity contribution in [2.75, 3.05) is 0 Å². The van der Waals surface area contributed by atoms with E-state index < -0.39 is 4.92 Å². The predicted molar refractivity (Wildman–Crippen MR) is 285 cm³/mol. The summed E-state index contributed by atoms with van der Waals surface area (Å²) in [5.74, 6) is 0. The molecule has 0 atom stereocenters. The van der Waals surface area contributed by atoms with E-state index >= 15 is 0 Å². The Morgan fingerprint density at radius 2 is 1.03 bits per heavy atom. The van der Waals surface area contributed by atoms with Crippen LogP contribution in [0, 0.1) is 23.8 Å². The van der Waals surface area contributed by atoms with Crippen LogP contribution in [-0.2, 0) is 15.7 Å². The maximum atomic E-state index is 11.7. The first kappa shape index (κ1) is 46.8. The molecule has 1 aromatic heterocycles. The van der Waals surface area contributed by atoms with Crippen molar-refractivity contribution in [2.24, 2.45) is 0 Å². The Kier molecular flexibility index (Phi) is 13.0. The summed E-state index contributed by atoms with van der Waals surface area (Å²) in [6, 6.07) is 53.9. The molecular formula is C55H43BCl2IN3O6. The lowest BCUT2D eigenvalue weighted by atomic mass is 9.74. The second-order valence-corrected chi connectivity index (χ2v) is 19.5. The number of hydrogen-bond donors (Lipinski definition) is 1. The van der Waals surface area contributed by atoms with E-state index in [1.807, 2.05) is 78.9 Å². The third kappa shape index (κ3) is 8.81. The summed E-state index contributed by atoms with van der Waals surface area (Å²) in [6.45, 7) is 8.41. The van der Waals surface area contributed by atoms with Crippen LogP contribution in [0.3, 0.4) is 0 Å². The van der Waals surface area contributed by atoms with Gasteiger partial charge in [-0.2, -0.15) is 0 Å². The minimum absolute atomic E-state index is 0.00577. The van der Waals surface area contributed by atoms with Gasteiger partial charge in [0.2, 0.25) is 0 Å². The van der Waals surface area contributed by atoms with Crippen molar-refractivity contribution in [2.45, 2.75) is 45.3 Å². The van der Waals surface area contributed by atoms with E-state index in [9.17, 15) is 20.2 Å². The maximum absolute atomic E-state index is 11.7. The van der Waals surface area contributed by atoms with Crippen molar-refractivity contribution in [1.29, 1.82) is 0 Å². The van der Waals surface area contributed by atoms with Crippen LogP contribution in [0.25, 0.3) is 66.3 Å². The highest BCUT2D eigenvalue weighted by molar-refractivity contribution is 14.1. The van der Waals surface area contributed by atoms with E-state index in [4.69, 9.17) is 32.5 Å². The number of halogens is 3. The summed E-state index contributed by atoms with van der Waals surface area (Å²) < 4.78 is 13.4. The van der Waals surface area contributed by atoms with Crippen LogP contribution in [0.5, 0.6) is 0 Å². The highest BCUT2D eigenvalue weighted by Crippen LogP contribution is 2.44. The lowest BCUT2D eigenvalue weighted by Crippen LogP contribution is -2.41. The molecule has 0 radical (unpaired) electrons. The molecule has 338 valence electrons. The van der Waals surface area contributed by atoms with Crippen LogP contribution in [0.2, 0.25) is 10.0 Å². The van der Waals surface area contributed by atoms with Gasteiger partial charge in [-0.15, -0.1) is 0 Å². The van der Waals surface area contributed by atoms with Gasteiger partial charge in [-0.1, -0.05) is 157 Å². The van der Waals surface area contributed by atoms with Gasteiger partial charge in [-0.25, -0.2) is 0 Å². The van der Waals surface area contributed by atoms with Gasteiger partial charge in [-0.3, -0.25) is 20.2 Å². The van der Waals surface area contributed by atoms with Gasteiger partial charge >= 0.3 is 7.12 Å². The van der Waals surface area contributed by atoms with E-state index in [0.717, 1.165) is 54.1 Å². The van der Waals surface area contributed by atoms with E-state index in [1.54, 1.807) is 24.3 Å². The molecule has 2 heterocycles. The molecule has 13 heteroatoms. The molecule has 11 rings (SSSR count). The summed E-state index contributed by atoms with van der Waals surface area (Å²) in [5.41, 5.74) is 12.3. The van der Waals surface area contributed by atoms with Gasteiger partial charge in [0.15, 0.2) is 0 Å². The van der Waals surface area contributed by atoms with E-state index in [0.29, 0.717) is 21.2 Å². The topological polar surface area (TPSA) is 121 Å². The minimum Gasteiger partial charge on any atom is -0.399 e. The zero-order valence-electron chi connectivity index (χ0n) is 37.4. The fraction of sp³-hybridized carbons (Fsp3) is 0.127. The summed E-state index contributed by atoms with van der Waals surface area (Å²) in [6.07, 6.45) is 0.964. The molecule has 9 aromatic rings. The zero-order valence-corrected chi connectivity index (χ0v) is 41.1. The second kappa shape index (κ2) is 19.0. The number of nitro groups is 2. The zero-order chi connectivity index (χ0) is 47.9. The fourth-order valence-electron chi connectivity index (χ4n) is 8.93. The molecule has 0 saturated carbocycles. The standard InChI is InChI=1S/C24H15ClN2O2.C19H21BO2.C12H7ClINO2/c25-20-12-6-14-22(27(28)29)23(20)17-9-2-1-7-15(17)18-10-5-11-19-16-8-3-4-13-21(16)26-24(18)19;1-18(2)19(3,4)22-20(21-18)17-11-7-10-15-14-9-6-5-8-13(14)12-16(15)17;13-9-5-3-7-11(15(16)17)12(9)8-4-1-2-6-10(8)14/h1-14,26H;5-11H,12H2,1-4H3;1-7H. The first-order chi connectivity index (χ1) is 32.6. The number of aromatic nitrogens is 1. The summed E-state index contributed by atoms with van der Waals surface area (Å²) in [7, 11) is -0.283.